The first kappa shape index (κ1) is 15.1. The zero-order valence-electron chi connectivity index (χ0n) is 14.5. The van der Waals surface area contributed by atoms with Crippen molar-refractivity contribution in [1.82, 2.24) is 0 Å². The average Bonchev–Trinajstić information content (AvgIpc) is 2.96. The molecule has 0 N–H and O–H groups in total. The monoisotopic (exact) mass is 324 g/mol. The molecule has 0 saturated heterocycles. The highest BCUT2D eigenvalue weighted by molar-refractivity contribution is 5.91. The topological polar surface area (TPSA) is 34.1 Å². The van der Waals surface area contributed by atoms with Crippen LogP contribution >= 0.6 is 0 Å². The molecule has 0 aromatic heterocycles. The Kier molecular flexibility index (Phi) is 3.40. The second kappa shape index (κ2) is 5.41. The maximum absolute atomic E-state index is 12.2. The normalized spacial score (nSPS) is 49.5. The van der Waals surface area contributed by atoms with E-state index in [9.17, 15) is 9.59 Å². The first-order valence-corrected chi connectivity index (χ1v) is 10.1. The number of carbonyl (C=O) groups excluding carboxylic acids is 2. The molecule has 5 aliphatic carbocycles. The molecule has 2 heteroatoms. The van der Waals surface area contributed by atoms with E-state index in [4.69, 9.17) is 0 Å². The highest BCUT2D eigenvalue weighted by Gasteiger charge is 2.59. The standard InChI is InChI=1S/C22H28O2/c23-13-22-10-2-1-3-15(22)12-20-19-6-4-14-11-16(24)5-7-17(14)18(19)8-9-21(20)22/h4,6,11,13,15,17-21H,1-3,5,7-10,12H2. The van der Waals surface area contributed by atoms with Crippen molar-refractivity contribution in [3.8, 4) is 0 Å². The number of rotatable bonds is 1. The molecule has 5 aliphatic rings. The fourth-order valence-corrected chi connectivity index (χ4v) is 7.48. The number of aldehydes is 1. The fraction of sp³-hybridized carbons (Fsp3) is 0.727. The van der Waals surface area contributed by atoms with Gasteiger partial charge >= 0.3 is 0 Å². The molecule has 0 radical (unpaired) electrons. The van der Waals surface area contributed by atoms with Gasteiger partial charge in [-0.25, -0.2) is 0 Å². The minimum atomic E-state index is 0.0143. The fourth-order valence-electron chi connectivity index (χ4n) is 7.48. The van der Waals surface area contributed by atoms with Crippen molar-refractivity contribution in [3.05, 3.63) is 23.8 Å². The Morgan fingerprint density at radius 3 is 2.88 bits per heavy atom. The van der Waals surface area contributed by atoms with Crippen molar-refractivity contribution < 1.29 is 9.59 Å². The minimum absolute atomic E-state index is 0.0143. The summed E-state index contributed by atoms with van der Waals surface area (Å²) in [4.78, 5) is 23.9. The Morgan fingerprint density at radius 1 is 1.08 bits per heavy atom. The summed E-state index contributed by atoms with van der Waals surface area (Å²) in [7, 11) is 0. The van der Waals surface area contributed by atoms with Crippen LogP contribution in [0.2, 0.25) is 0 Å². The summed E-state index contributed by atoms with van der Waals surface area (Å²) in [6.07, 6.45) is 18.5. The summed E-state index contributed by atoms with van der Waals surface area (Å²) < 4.78 is 0. The van der Waals surface area contributed by atoms with Crippen LogP contribution < -0.4 is 0 Å². The van der Waals surface area contributed by atoms with Gasteiger partial charge in [0, 0.05) is 11.8 Å². The van der Waals surface area contributed by atoms with Crippen molar-refractivity contribution in [2.75, 3.05) is 0 Å². The van der Waals surface area contributed by atoms with Gasteiger partial charge in [-0.15, -0.1) is 0 Å². The molecule has 0 bridgehead atoms. The summed E-state index contributed by atoms with van der Waals surface area (Å²) >= 11 is 0. The van der Waals surface area contributed by atoms with E-state index in [0.717, 1.165) is 25.2 Å². The number of hydrogen-bond donors (Lipinski definition) is 0. The van der Waals surface area contributed by atoms with E-state index in [0.29, 0.717) is 35.4 Å². The molecule has 0 amide bonds. The van der Waals surface area contributed by atoms with E-state index in [1.165, 1.54) is 50.4 Å². The molecular formula is C22H28O2. The van der Waals surface area contributed by atoms with Gasteiger partial charge in [0.05, 0.1) is 0 Å². The third kappa shape index (κ3) is 1.95. The van der Waals surface area contributed by atoms with Crippen LogP contribution in [0.3, 0.4) is 0 Å². The second-order valence-electron chi connectivity index (χ2n) is 9.11. The number of hydrogen-bond acceptors (Lipinski definition) is 2. The van der Waals surface area contributed by atoms with E-state index in [-0.39, 0.29) is 5.41 Å². The largest absolute Gasteiger partial charge is 0.303 e. The van der Waals surface area contributed by atoms with Gasteiger partial charge in [-0.05, 0) is 85.7 Å². The molecule has 5 rings (SSSR count). The lowest BCUT2D eigenvalue weighted by Gasteiger charge is -2.49. The van der Waals surface area contributed by atoms with E-state index >= 15 is 0 Å². The number of ketones is 1. The molecule has 3 fully saturated rings. The average molecular weight is 324 g/mol. The quantitative estimate of drug-likeness (QED) is 0.666. The Balaban J connectivity index is 1.49. The van der Waals surface area contributed by atoms with Gasteiger partial charge < -0.3 is 4.79 Å². The SMILES string of the molecule is O=CC12CCCCC1CC1C3C=CC4=CC(=O)CCC4C3CCC12. The molecule has 0 aromatic carbocycles. The first-order chi connectivity index (χ1) is 11.7. The third-order valence-corrected chi connectivity index (χ3v) is 8.44. The molecule has 0 heterocycles. The third-order valence-electron chi connectivity index (χ3n) is 8.44. The van der Waals surface area contributed by atoms with Gasteiger partial charge in [-0.1, -0.05) is 25.0 Å². The van der Waals surface area contributed by atoms with Crippen LogP contribution in [0.25, 0.3) is 0 Å². The summed E-state index contributed by atoms with van der Waals surface area (Å²) in [6, 6.07) is 0. The lowest BCUT2D eigenvalue weighted by atomic mass is 9.55. The van der Waals surface area contributed by atoms with E-state index in [1.807, 2.05) is 6.08 Å². The number of carbonyl (C=O) groups is 2. The Hall–Kier alpha value is -1.18. The lowest BCUT2D eigenvalue weighted by molar-refractivity contribution is -0.124. The number of allylic oxidation sites excluding steroid dienone is 4. The second-order valence-corrected chi connectivity index (χ2v) is 9.11. The van der Waals surface area contributed by atoms with Crippen LogP contribution in [0.15, 0.2) is 23.8 Å². The highest BCUT2D eigenvalue weighted by atomic mass is 16.1. The lowest BCUT2D eigenvalue weighted by Crippen LogP contribution is -2.44. The van der Waals surface area contributed by atoms with Gasteiger partial charge in [-0.3, -0.25) is 4.79 Å². The van der Waals surface area contributed by atoms with Crippen molar-refractivity contribution in [2.24, 2.45) is 40.9 Å². The molecule has 0 spiro atoms. The van der Waals surface area contributed by atoms with E-state index < -0.39 is 0 Å². The maximum atomic E-state index is 12.2. The Morgan fingerprint density at radius 2 is 2.00 bits per heavy atom. The molecule has 7 atom stereocenters. The summed E-state index contributed by atoms with van der Waals surface area (Å²) in [6.45, 7) is 0. The van der Waals surface area contributed by atoms with Gasteiger partial charge in [0.15, 0.2) is 5.78 Å². The molecule has 128 valence electrons. The summed E-state index contributed by atoms with van der Waals surface area (Å²) in [5.74, 6) is 4.28. The Labute approximate surface area is 144 Å². The molecular weight excluding hydrogens is 296 g/mol. The summed E-state index contributed by atoms with van der Waals surface area (Å²) in [5.41, 5.74) is 1.31. The summed E-state index contributed by atoms with van der Waals surface area (Å²) in [5, 5.41) is 0. The molecule has 3 saturated carbocycles. The van der Waals surface area contributed by atoms with Crippen LogP contribution in [-0.4, -0.2) is 12.1 Å². The van der Waals surface area contributed by atoms with Gasteiger partial charge in [0.25, 0.3) is 0 Å². The van der Waals surface area contributed by atoms with Gasteiger partial charge in [0.1, 0.15) is 6.29 Å². The van der Waals surface area contributed by atoms with Crippen LogP contribution in [0, 0.1) is 40.9 Å². The first-order valence-electron chi connectivity index (χ1n) is 10.1. The van der Waals surface area contributed by atoms with Crippen LogP contribution in [-0.2, 0) is 9.59 Å². The molecule has 7 unspecified atom stereocenters. The van der Waals surface area contributed by atoms with Gasteiger partial charge in [0.2, 0.25) is 0 Å². The van der Waals surface area contributed by atoms with Crippen LogP contribution in [0.5, 0.6) is 0 Å². The number of fused-ring (bicyclic) bond motifs is 7. The van der Waals surface area contributed by atoms with Crippen molar-refractivity contribution in [3.63, 3.8) is 0 Å². The van der Waals surface area contributed by atoms with Gasteiger partial charge in [-0.2, -0.15) is 0 Å². The van der Waals surface area contributed by atoms with E-state index in [1.54, 1.807) is 0 Å². The zero-order valence-corrected chi connectivity index (χ0v) is 14.5. The van der Waals surface area contributed by atoms with Crippen molar-refractivity contribution in [1.29, 1.82) is 0 Å². The molecule has 0 aromatic rings. The highest BCUT2D eigenvalue weighted by Crippen LogP contribution is 2.65. The van der Waals surface area contributed by atoms with Crippen LogP contribution in [0.4, 0.5) is 0 Å². The van der Waals surface area contributed by atoms with Crippen molar-refractivity contribution in [2.45, 2.75) is 57.8 Å². The Bertz CT molecular complexity index is 630. The molecule has 2 nitrogen and oxygen atoms in total. The minimum Gasteiger partial charge on any atom is -0.303 e. The zero-order chi connectivity index (χ0) is 16.3. The maximum Gasteiger partial charge on any atom is 0.155 e. The predicted molar refractivity (Wildman–Crippen MR) is 93.2 cm³/mol. The van der Waals surface area contributed by atoms with E-state index in [2.05, 4.69) is 12.2 Å². The molecule has 0 aliphatic heterocycles. The predicted octanol–water partition coefficient (Wildman–Crippen LogP) is 4.50. The van der Waals surface area contributed by atoms with Crippen LogP contribution in [0.1, 0.15) is 57.8 Å². The molecule has 24 heavy (non-hydrogen) atoms. The smallest absolute Gasteiger partial charge is 0.155 e. The van der Waals surface area contributed by atoms with Crippen molar-refractivity contribution >= 4 is 12.1 Å².